The molecule has 17 heavy (non-hydrogen) atoms. The molecule has 0 bridgehead atoms. The van der Waals surface area contributed by atoms with Crippen LogP contribution in [0.5, 0.6) is 0 Å². The van der Waals surface area contributed by atoms with E-state index in [-0.39, 0.29) is 0 Å². The second-order valence-electron chi connectivity index (χ2n) is 6.55. The third kappa shape index (κ3) is 4.49. The summed E-state index contributed by atoms with van der Waals surface area (Å²) in [4.78, 5) is 4.85. The van der Waals surface area contributed by atoms with Crippen molar-refractivity contribution in [2.75, 3.05) is 0 Å². The van der Waals surface area contributed by atoms with Crippen LogP contribution in [0.4, 0.5) is 0 Å². The summed E-state index contributed by atoms with van der Waals surface area (Å²) in [5, 5.41) is 0. The van der Waals surface area contributed by atoms with Crippen molar-refractivity contribution in [3.05, 3.63) is 29.6 Å². The van der Waals surface area contributed by atoms with Crippen LogP contribution in [0.2, 0.25) is 0 Å². The summed E-state index contributed by atoms with van der Waals surface area (Å²) in [7, 11) is 0. The van der Waals surface area contributed by atoms with Crippen LogP contribution in [0.15, 0.2) is 18.2 Å². The van der Waals surface area contributed by atoms with Gasteiger partial charge in [-0.1, -0.05) is 47.6 Å². The van der Waals surface area contributed by atoms with Crippen molar-refractivity contribution in [3.8, 4) is 0 Å². The number of nitrogens with zero attached hydrogens (tertiary/aromatic N) is 1. The van der Waals surface area contributed by atoms with Crippen molar-refractivity contribution in [2.24, 2.45) is 11.3 Å². The molecule has 0 N–H and O–H groups in total. The topological polar surface area (TPSA) is 12.9 Å². The first-order valence-electron chi connectivity index (χ1n) is 6.79. The van der Waals surface area contributed by atoms with Gasteiger partial charge in [0.2, 0.25) is 0 Å². The van der Waals surface area contributed by atoms with Gasteiger partial charge in [-0.2, -0.15) is 0 Å². The molecule has 1 unspecified atom stereocenters. The van der Waals surface area contributed by atoms with Crippen LogP contribution in [-0.4, -0.2) is 4.98 Å². The molecule has 0 fully saturated rings. The van der Waals surface area contributed by atoms with E-state index in [1.807, 2.05) is 0 Å². The Hall–Kier alpha value is -0.850. The molecule has 1 nitrogen and oxygen atoms in total. The Morgan fingerprint density at radius 2 is 1.82 bits per heavy atom. The van der Waals surface area contributed by atoms with Crippen molar-refractivity contribution >= 4 is 0 Å². The molecule has 1 aromatic rings. The Bertz CT molecular complexity index is 347. The summed E-state index contributed by atoms with van der Waals surface area (Å²) >= 11 is 0. The molecule has 0 aromatic carbocycles. The van der Waals surface area contributed by atoms with Gasteiger partial charge in [-0.25, -0.2) is 0 Å². The Balaban J connectivity index is 2.92. The summed E-state index contributed by atoms with van der Waals surface area (Å²) in [5.41, 5.74) is 2.81. The fourth-order valence-corrected chi connectivity index (χ4v) is 2.37. The van der Waals surface area contributed by atoms with Crippen LogP contribution in [-0.2, 0) is 6.42 Å². The van der Waals surface area contributed by atoms with Crippen molar-refractivity contribution in [2.45, 2.75) is 60.3 Å². The van der Waals surface area contributed by atoms with Gasteiger partial charge in [0.25, 0.3) is 0 Å². The molecule has 0 amide bonds. The Morgan fingerprint density at radius 3 is 2.29 bits per heavy atom. The normalized spacial score (nSPS) is 14.1. The second-order valence-corrected chi connectivity index (χ2v) is 6.55. The van der Waals surface area contributed by atoms with Crippen molar-refractivity contribution < 1.29 is 0 Å². The molecular formula is C16H27N. The molecule has 1 atom stereocenters. The molecular weight excluding hydrogens is 206 g/mol. The van der Waals surface area contributed by atoms with E-state index in [1.54, 1.807) is 0 Å². The smallest absolute Gasteiger partial charge is 0.0440 e. The van der Waals surface area contributed by atoms with Crippen LogP contribution in [0.25, 0.3) is 0 Å². The number of hydrogen-bond donors (Lipinski definition) is 0. The molecule has 0 saturated heterocycles. The minimum atomic E-state index is 0.311. The first-order chi connectivity index (χ1) is 7.83. The highest BCUT2D eigenvalue weighted by Gasteiger charge is 2.17. The highest BCUT2D eigenvalue weighted by molar-refractivity contribution is 5.16. The van der Waals surface area contributed by atoms with Gasteiger partial charge < -0.3 is 0 Å². The first-order valence-corrected chi connectivity index (χ1v) is 6.79. The summed E-state index contributed by atoms with van der Waals surface area (Å²) in [5.74, 6) is 1.26. The highest BCUT2D eigenvalue weighted by Crippen LogP contribution is 2.27. The van der Waals surface area contributed by atoms with Gasteiger partial charge >= 0.3 is 0 Å². The van der Waals surface area contributed by atoms with Crippen LogP contribution in [0.1, 0.15) is 65.3 Å². The van der Waals surface area contributed by atoms with Gasteiger partial charge in [-0.3, -0.25) is 4.98 Å². The van der Waals surface area contributed by atoms with Crippen molar-refractivity contribution in [1.29, 1.82) is 0 Å². The van der Waals surface area contributed by atoms with Crippen LogP contribution >= 0.6 is 0 Å². The third-order valence-corrected chi connectivity index (χ3v) is 3.16. The SMILES string of the molecule is CCC(c1cccc(CC(C)(C)C)n1)C(C)C. The predicted octanol–water partition coefficient (Wildman–Crippen LogP) is 4.82. The average Bonchev–Trinajstić information content (AvgIpc) is 2.15. The molecule has 1 rings (SSSR count). The number of hydrogen-bond acceptors (Lipinski definition) is 1. The molecule has 0 saturated carbocycles. The number of rotatable bonds is 4. The monoisotopic (exact) mass is 233 g/mol. The molecule has 0 radical (unpaired) electrons. The lowest BCUT2D eigenvalue weighted by molar-refractivity contribution is 0.403. The average molecular weight is 233 g/mol. The summed E-state index contributed by atoms with van der Waals surface area (Å²) < 4.78 is 0. The maximum Gasteiger partial charge on any atom is 0.0440 e. The van der Waals surface area contributed by atoms with Gasteiger partial charge in [0.15, 0.2) is 0 Å². The molecule has 0 aliphatic carbocycles. The molecule has 1 heterocycles. The predicted molar refractivity (Wildman–Crippen MR) is 75.3 cm³/mol. The highest BCUT2D eigenvalue weighted by atomic mass is 14.7. The number of aromatic nitrogens is 1. The Kier molecular flexibility index (Phi) is 4.73. The van der Waals surface area contributed by atoms with Crippen LogP contribution in [0, 0.1) is 11.3 Å². The van der Waals surface area contributed by atoms with Crippen molar-refractivity contribution in [3.63, 3.8) is 0 Å². The van der Waals surface area contributed by atoms with E-state index in [1.165, 1.54) is 17.8 Å². The maximum absolute atomic E-state index is 4.85. The lowest BCUT2D eigenvalue weighted by atomic mass is 9.88. The number of pyridine rings is 1. The lowest BCUT2D eigenvalue weighted by Crippen LogP contribution is -2.13. The second kappa shape index (κ2) is 5.66. The minimum Gasteiger partial charge on any atom is -0.258 e. The lowest BCUT2D eigenvalue weighted by Gasteiger charge is -2.21. The standard InChI is InChI=1S/C16H27N/c1-7-14(12(2)3)15-10-8-9-13(17-15)11-16(4,5)6/h8-10,12,14H,7,11H2,1-6H3. The summed E-state index contributed by atoms with van der Waals surface area (Å²) in [6.45, 7) is 13.6. The molecule has 0 aliphatic heterocycles. The molecule has 1 heteroatoms. The van der Waals surface area contributed by atoms with Gasteiger partial charge in [-0.15, -0.1) is 0 Å². The van der Waals surface area contributed by atoms with Crippen molar-refractivity contribution in [1.82, 2.24) is 4.98 Å². The fourth-order valence-electron chi connectivity index (χ4n) is 2.37. The molecule has 0 spiro atoms. The van der Waals surface area contributed by atoms with E-state index in [4.69, 9.17) is 4.98 Å². The van der Waals surface area contributed by atoms with Gasteiger partial charge in [-0.05, 0) is 36.3 Å². The molecule has 1 aromatic heterocycles. The summed E-state index contributed by atoms with van der Waals surface area (Å²) in [6, 6.07) is 6.50. The quantitative estimate of drug-likeness (QED) is 0.726. The third-order valence-electron chi connectivity index (χ3n) is 3.16. The van der Waals surface area contributed by atoms with E-state index < -0.39 is 0 Å². The zero-order valence-corrected chi connectivity index (χ0v) is 12.2. The zero-order valence-electron chi connectivity index (χ0n) is 12.2. The van der Waals surface area contributed by atoms with E-state index in [0.29, 0.717) is 17.3 Å². The fraction of sp³-hybridized carbons (Fsp3) is 0.688. The van der Waals surface area contributed by atoms with Gasteiger partial charge in [0.05, 0.1) is 0 Å². The first kappa shape index (κ1) is 14.2. The largest absolute Gasteiger partial charge is 0.258 e. The zero-order chi connectivity index (χ0) is 13.1. The van der Waals surface area contributed by atoms with E-state index in [9.17, 15) is 0 Å². The van der Waals surface area contributed by atoms with Crippen LogP contribution < -0.4 is 0 Å². The Morgan fingerprint density at radius 1 is 1.18 bits per heavy atom. The molecule has 96 valence electrons. The van der Waals surface area contributed by atoms with Gasteiger partial charge in [0.1, 0.15) is 0 Å². The molecule has 0 aliphatic rings. The summed E-state index contributed by atoms with van der Waals surface area (Å²) in [6.07, 6.45) is 2.22. The van der Waals surface area contributed by atoms with E-state index in [2.05, 4.69) is 59.7 Å². The minimum absolute atomic E-state index is 0.311. The van der Waals surface area contributed by atoms with E-state index in [0.717, 1.165) is 6.42 Å². The van der Waals surface area contributed by atoms with Crippen LogP contribution in [0.3, 0.4) is 0 Å². The van der Waals surface area contributed by atoms with E-state index >= 15 is 0 Å². The maximum atomic E-state index is 4.85. The Labute approximate surface area is 107 Å². The van der Waals surface area contributed by atoms with Gasteiger partial charge in [0, 0.05) is 17.3 Å².